The molecule has 0 radical (unpaired) electrons. The summed E-state index contributed by atoms with van der Waals surface area (Å²) in [6.07, 6.45) is 0.454. The van der Waals surface area contributed by atoms with Gasteiger partial charge < -0.3 is 20.3 Å². The van der Waals surface area contributed by atoms with Crippen molar-refractivity contribution in [2.45, 2.75) is 25.2 Å². The van der Waals surface area contributed by atoms with Gasteiger partial charge in [-0.1, -0.05) is 25.1 Å². The Morgan fingerprint density at radius 1 is 1.05 bits per heavy atom. The Morgan fingerprint density at radius 3 is 2.49 bits per heavy atom. The van der Waals surface area contributed by atoms with Crippen molar-refractivity contribution in [2.75, 3.05) is 45.2 Å². The number of nitrogens with one attached hydrogen (secondary N) is 2. The molecule has 0 aliphatic carbocycles. The number of amidine groups is 1. The lowest BCUT2D eigenvalue weighted by molar-refractivity contribution is -0.137. The number of piperazine rings is 1. The fourth-order valence-corrected chi connectivity index (χ4v) is 5.62. The number of para-hydroxylation sites is 2. The second-order valence-electron chi connectivity index (χ2n) is 8.72. The standard InChI is InChI=1S/C26H31N5O5S/c1-4-20-23(26(33)36-5-2)24(28-22-12-7-6-11-21(22)27-20)29-25(32)18-9-8-10-19(17-18)37(34,35)31-15-13-30(3)14-16-31/h6-12,17,27H,4-5,13-16H2,1-3H3,(H,28,29,32). The van der Waals surface area contributed by atoms with Gasteiger partial charge in [0.2, 0.25) is 10.0 Å². The van der Waals surface area contributed by atoms with E-state index in [-0.39, 0.29) is 28.5 Å². The summed E-state index contributed by atoms with van der Waals surface area (Å²) >= 11 is 0. The molecule has 0 aromatic heterocycles. The minimum atomic E-state index is -3.76. The molecule has 10 nitrogen and oxygen atoms in total. The molecule has 2 aliphatic rings. The van der Waals surface area contributed by atoms with Crippen LogP contribution in [0.3, 0.4) is 0 Å². The zero-order chi connectivity index (χ0) is 26.6. The topological polar surface area (TPSA) is 120 Å². The number of ether oxygens (including phenoxy) is 1. The van der Waals surface area contributed by atoms with Gasteiger partial charge in [-0.25, -0.2) is 18.2 Å². The number of fused-ring (bicyclic) bond motifs is 1. The van der Waals surface area contributed by atoms with E-state index in [1.165, 1.54) is 28.6 Å². The van der Waals surface area contributed by atoms with Crippen molar-refractivity contribution in [1.82, 2.24) is 14.5 Å². The number of carbonyl (C=O) groups is 2. The van der Waals surface area contributed by atoms with E-state index >= 15 is 0 Å². The van der Waals surface area contributed by atoms with Crippen LogP contribution in [0.25, 0.3) is 0 Å². The minimum Gasteiger partial charge on any atom is -0.462 e. The zero-order valence-electron chi connectivity index (χ0n) is 21.2. The van der Waals surface area contributed by atoms with Gasteiger partial charge in [0.05, 0.1) is 22.9 Å². The van der Waals surface area contributed by atoms with Gasteiger partial charge >= 0.3 is 5.97 Å². The Kier molecular flexibility index (Phi) is 8.06. The van der Waals surface area contributed by atoms with Crippen molar-refractivity contribution in [3.05, 3.63) is 65.4 Å². The first kappa shape index (κ1) is 26.5. The molecule has 196 valence electrons. The predicted octanol–water partition coefficient (Wildman–Crippen LogP) is 2.74. The lowest BCUT2D eigenvalue weighted by atomic mass is 10.1. The third-order valence-electron chi connectivity index (χ3n) is 6.22. The Balaban J connectivity index is 1.68. The molecule has 1 fully saturated rings. The summed E-state index contributed by atoms with van der Waals surface area (Å²) < 4.78 is 33.1. The first-order chi connectivity index (χ1) is 17.7. The van der Waals surface area contributed by atoms with E-state index in [1.54, 1.807) is 19.1 Å². The minimum absolute atomic E-state index is 0.0325. The number of hydrogen-bond acceptors (Lipinski definition) is 8. The summed E-state index contributed by atoms with van der Waals surface area (Å²) in [5, 5.41) is 5.97. The third-order valence-corrected chi connectivity index (χ3v) is 8.12. The Morgan fingerprint density at radius 2 is 1.78 bits per heavy atom. The van der Waals surface area contributed by atoms with Crippen molar-refractivity contribution in [3.8, 4) is 0 Å². The van der Waals surface area contributed by atoms with Crippen LogP contribution < -0.4 is 10.6 Å². The third kappa shape index (κ3) is 5.74. The van der Waals surface area contributed by atoms with Crippen molar-refractivity contribution < 1.29 is 22.7 Å². The molecule has 2 aromatic carbocycles. The number of benzene rings is 2. The van der Waals surface area contributed by atoms with E-state index in [0.717, 1.165) is 0 Å². The average Bonchev–Trinajstić information content (AvgIpc) is 3.05. The van der Waals surface area contributed by atoms with Crippen LogP contribution in [-0.4, -0.2) is 75.2 Å². The first-order valence-corrected chi connectivity index (χ1v) is 13.6. The second-order valence-corrected chi connectivity index (χ2v) is 10.7. The van der Waals surface area contributed by atoms with Crippen LogP contribution in [0.1, 0.15) is 30.6 Å². The highest BCUT2D eigenvalue weighted by atomic mass is 32.2. The number of nitrogens with zero attached hydrogens (tertiary/aromatic N) is 3. The van der Waals surface area contributed by atoms with Crippen LogP contribution in [0, 0.1) is 0 Å². The number of carbonyl (C=O) groups excluding carboxylic acids is 2. The molecule has 2 aromatic rings. The maximum Gasteiger partial charge on any atom is 0.343 e. The molecular formula is C26H31N5O5S. The molecular weight excluding hydrogens is 494 g/mol. The summed E-state index contributed by atoms with van der Waals surface area (Å²) in [7, 11) is -1.82. The second kappa shape index (κ2) is 11.2. The van der Waals surface area contributed by atoms with Gasteiger partial charge in [0, 0.05) is 37.4 Å². The smallest absolute Gasteiger partial charge is 0.343 e. The molecule has 2 aliphatic heterocycles. The molecule has 1 saturated heterocycles. The highest BCUT2D eigenvalue weighted by Crippen LogP contribution is 2.31. The summed E-state index contributed by atoms with van der Waals surface area (Å²) in [6.45, 7) is 5.76. The molecule has 1 amide bonds. The van der Waals surface area contributed by atoms with Crippen LogP contribution >= 0.6 is 0 Å². The summed E-state index contributed by atoms with van der Waals surface area (Å²) in [5.41, 5.74) is 2.02. The number of sulfonamides is 1. The van der Waals surface area contributed by atoms with E-state index in [9.17, 15) is 18.0 Å². The molecule has 0 atom stereocenters. The largest absolute Gasteiger partial charge is 0.462 e. The van der Waals surface area contributed by atoms with Gasteiger partial charge in [-0.05, 0) is 50.7 Å². The highest BCUT2D eigenvalue weighted by molar-refractivity contribution is 7.89. The number of allylic oxidation sites excluding steroid dienone is 1. The van der Waals surface area contributed by atoms with E-state index < -0.39 is 21.9 Å². The monoisotopic (exact) mass is 525 g/mol. The fraction of sp³-hybridized carbons (Fsp3) is 0.346. The fourth-order valence-electron chi connectivity index (χ4n) is 4.15. The van der Waals surface area contributed by atoms with Crippen LogP contribution in [0.2, 0.25) is 0 Å². The molecule has 2 N–H and O–H groups in total. The maximum absolute atomic E-state index is 13.4. The summed E-state index contributed by atoms with van der Waals surface area (Å²) in [6, 6.07) is 13.1. The molecule has 37 heavy (non-hydrogen) atoms. The Hall–Kier alpha value is -3.54. The first-order valence-electron chi connectivity index (χ1n) is 12.2. The summed E-state index contributed by atoms with van der Waals surface area (Å²) in [4.78, 5) is 33.0. The van der Waals surface area contributed by atoms with E-state index in [2.05, 4.69) is 20.5 Å². The van der Waals surface area contributed by atoms with Crippen LogP contribution in [0.5, 0.6) is 0 Å². The zero-order valence-corrected chi connectivity index (χ0v) is 22.0. The van der Waals surface area contributed by atoms with E-state index in [4.69, 9.17) is 4.74 Å². The molecule has 0 saturated carbocycles. The number of aliphatic imine (C=N–C) groups is 1. The SMILES string of the molecule is CCOC(=O)C1=C(CC)Nc2ccccc2N=C1NC(=O)c1cccc(S(=O)(=O)N2CCN(C)CC2)c1. The normalized spacial score (nSPS) is 16.8. The van der Waals surface area contributed by atoms with Gasteiger partial charge in [0.1, 0.15) is 11.4 Å². The quantitative estimate of drug-likeness (QED) is 0.557. The number of hydrogen-bond donors (Lipinski definition) is 2. The van der Waals surface area contributed by atoms with Crippen molar-refractivity contribution in [1.29, 1.82) is 0 Å². The van der Waals surface area contributed by atoms with Gasteiger partial charge in [-0.2, -0.15) is 4.31 Å². The lowest BCUT2D eigenvalue weighted by Crippen LogP contribution is -2.47. The average molecular weight is 526 g/mol. The van der Waals surface area contributed by atoms with Crippen molar-refractivity contribution in [3.63, 3.8) is 0 Å². The van der Waals surface area contributed by atoms with Gasteiger partial charge in [0.15, 0.2) is 0 Å². The predicted molar refractivity (Wildman–Crippen MR) is 141 cm³/mol. The molecule has 0 unspecified atom stereocenters. The number of likely N-dealkylation sites (N-methyl/N-ethyl adjacent to an activating group) is 1. The summed E-state index contributed by atoms with van der Waals surface area (Å²) in [5.74, 6) is -1.18. The van der Waals surface area contributed by atoms with Gasteiger partial charge in [-0.15, -0.1) is 0 Å². The lowest BCUT2D eigenvalue weighted by Gasteiger charge is -2.31. The molecule has 11 heteroatoms. The Labute approximate surface area is 217 Å². The van der Waals surface area contributed by atoms with Crippen LogP contribution in [0.4, 0.5) is 11.4 Å². The van der Waals surface area contributed by atoms with Gasteiger partial charge in [0.25, 0.3) is 5.91 Å². The van der Waals surface area contributed by atoms with Crippen molar-refractivity contribution in [2.24, 2.45) is 4.99 Å². The van der Waals surface area contributed by atoms with E-state index in [0.29, 0.717) is 49.7 Å². The molecule has 0 spiro atoms. The Bertz CT molecular complexity index is 1360. The molecule has 0 bridgehead atoms. The molecule has 4 rings (SSSR count). The van der Waals surface area contributed by atoms with Crippen LogP contribution in [-0.2, 0) is 19.6 Å². The van der Waals surface area contributed by atoms with Gasteiger partial charge in [-0.3, -0.25) is 4.79 Å². The maximum atomic E-state index is 13.4. The number of rotatable bonds is 6. The van der Waals surface area contributed by atoms with E-state index in [1.807, 2.05) is 26.1 Å². The highest BCUT2D eigenvalue weighted by Gasteiger charge is 2.30. The molecule has 2 heterocycles. The van der Waals surface area contributed by atoms with Crippen LogP contribution in [0.15, 0.2) is 69.7 Å². The van der Waals surface area contributed by atoms with Crippen molar-refractivity contribution >= 4 is 39.1 Å². The number of anilines is 1. The number of esters is 1. The number of amides is 1.